The number of ether oxygens (including phenoxy) is 1. The van der Waals surface area contributed by atoms with Crippen molar-refractivity contribution in [1.82, 2.24) is 14.8 Å². The predicted molar refractivity (Wildman–Crippen MR) is 111 cm³/mol. The lowest BCUT2D eigenvalue weighted by molar-refractivity contribution is 0.0668. The van der Waals surface area contributed by atoms with Crippen LogP contribution in [-0.4, -0.2) is 54.0 Å². The average Bonchev–Trinajstić information content (AvgIpc) is 3.26. The highest BCUT2D eigenvalue weighted by Gasteiger charge is 2.43. The molecule has 1 N–H and O–H groups in total. The number of H-pyrrole nitrogens is 1. The number of aryl methyl sites for hydroxylation is 2. The van der Waals surface area contributed by atoms with Crippen molar-refractivity contribution in [1.29, 1.82) is 0 Å². The Hall–Kier alpha value is -2.34. The van der Waals surface area contributed by atoms with Crippen LogP contribution in [0.4, 0.5) is 4.39 Å². The van der Waals surface area contributed by atoms with E-state index in [4.69, 9.17) is 4.74 Å². The van der Waals surface area contributed by atoms with Gasteiger partial charge >= 0.3 is 0 Å². The minimum Gasteiger partial charge on any atom is -0.497 e. The molecule has 0 saturated carbocycles. The average molecular weight is 400 g/mol. The fraction of sp³-hybridized carbons (Fsp3) is 0.522. The molecule has 2 aromatic rings. The summed E-state index contributed by atoms with van der Waals surface area (Å²) in [6, 6.07) is 6.94. The van der Waals surface area contributed by atoms with Gasteiger partial charge in [0.05, 0.1) is 7.11 Å². The van der Waals surface area contributed by atoms with E-state index in [1.165, 1.54) is 6.07 Å². The summed E-state index contributed by atoms with van der Waals surface area (Å²) in [7, 11) is 1.60. The molecule has 1 atom stereocenters. The second-order valence-electron chi connectivity index (χ2n) is 8.76. The van der Waals surface area contributed by atoms with Gasteiger partial charge in [0.1, 0.15) is 17.3 Å². The summed E-state index contributed by atoms with van der Waals surface area (Å²) in [6.07, 6.45) is 3.21. The van der Waals surface area contributed by atoms with Gasteiger partial charge in [-0.15, -0.1) is 0 Å². The maximum absolute atomic E-state index is 14.3. The van der Waals surface area contributed by atoms with Crippen molar-refractivity contribution in [2.24, 2.45) is 5.41 Å². The first-order valence-corrected chi connectivity index (χ1v) is 10.4. The second-order valence-corrected chi connectivity index (χ2v) is 8.76. The molecule has 0 aliphatic carbocycles. The maximum Gasteiger partial charge on any atom is 0.270 e. The number of benzene rings is 1. The number of methoxy groups -OCH3 is 1. The lowest BCUT2D eigenvalue weighted by Gasteiger charge is -2.40. The summed E-state index contributed by atoms with van der Waals surface area (Å²) in [6.45, 7) is 7.96. The molecule has 1 aromatic carbocycles. The quantitative estimate of drug-likeness (QED) is 0.848. The van der Waals surface area contributed by atoms with E-state index in [-0.39, 0.29) is 17.1 Å². The van der Waals surface area contributed by atoms with Crippen LogP contribution in [0.25, 0.3) is 0 Å². The molecular formula is C23H30FN3O2. The molecule has 0 radical (unpaired) electrons. The highest BCUT2D eigenvalue weighted by Crippen LogP contribution is 2.40. The van der Waals surface area contributed by atoms with E-state index in [0.29, 0.717) is 23.6 Å². The monoisotopic (exact) mass is 399 g/mol. The zero-order chi connectivity index (χ0) is 20.6. The highest BCUT2D eigenvalue weighted by atomic mass is 19.1. The Kier molecular flexibility index (Phi) is 5.38. The van der Waals surface area contributed by atoms with E-state index in [2.05, 4.69) is 9.88 Å². The van der Waals surface area contributed by atoms with E-state index < -0.39 is 0 Å². The standard InChI is InChI=1S/C23H30FN3O2/c1-16-11-17(2)25-21(16)22(28)27-10-8-23(15-27)7-4-9-26(14-23)13-18-12-19(29-3)5-6-20(18)24/h5-6,11-12,25H,4,7-10,13-15H2,1-3H3. The summed E-state index contributed by atoms with van der Waals surface area (Å²) in [5.41, 5.74) is 3.52. The molecule has 2 fully saturated rings. The van der Waals surface area contributed by atoms with Crippen LogP contribution in [0.2, 0.25) is 0 Å². The van der Waals surface area contributed by atoms with Gasteiger partial charge in [0.25, 0.3) is 5.91 Å². The number of aromatic amines is 1. The molecule has 4 rings (SSSR count). The lowest BCUT2D eigenvalue weighted by atomic mass is 9.79. The maximum atomic E-state index is 14.3. The van der Waals surface area contributed by atoms with Crippen LogP contribution in [0.1, 0.15) is 46.6 Å². The molecule has 0 bridgehead atoms. The van der Waals surface area contributed by atoms with E-state index in [1.54, 1.807) is 19.2 Å². The van der Waals surface area contributed by atoms with Crippen LogP contribution >= 0.6 is 0 Å². The third-order valence-corrected chi connectivity index (χ3v) is 6.48. The van der Waals surface area contributed by atoms with Crippen molar-refractivity contribution in [3.05, 3.63) is 52.6 Å². The van der Waals surface area contributed by atoms with Gasteiger partial charge in [-0.2, -0.15) is 0 Å². The first kappa shape index (κ1) is 20.0. The first-order chi connectivity index (χ1) is 13.9. The van der Waals surface area contributed by atoms with E-state index in [1.807, 2.05) is 24.8 Å². The highest BCUT2D eigenvalue weighted by molar-refractivity contribution is 5.94. The third-order valence-electron chi connectivity index (χ3n) is 6.48. The third kappa shape index (κ3) is 4.04. The summed E-state index contributed by atoms with van der Waals surface area (Å²) in [5, 5.41) is 0. The Morgan fingerprint density at radius 1 is 1.21 bits per heavy atom. The van der Waals surface area contributed by atoms with Crippen LogP contribution < -0.4 is 4.74 Å². The number of carbonyl (C=O) groups is 1. The number of likely N-dealkylation sites (tertiary alicyclic amines) is 2. The van der Waals surface area contributed by atoms with Gasteiger partial charge in [0, 0.05) is 42.9 Å². The summed E-state index contributed by atoms with van der Waals surface area (Å²) in [4.78, 5) is 20.6. The van der Waals surface area contributed by atoms with Gasteiger partial charge < -0.3 is 14.6 Å². The number of halogens is 1. The molecule has 1 unspecified atom stereocenters. The number of piperidine rings is 1. The molecule has 156 valence electrons. The normalized spacial score (nSPS) is 22.4. The number of carbonyl (C=O) groups excluding carboxylic acids is 1. The van der Waals surface area contributed by atoms with Crippen LogP contribution in [0, 0.1) is 25.1 Å². The Morgan fingerprint density at radius 3 is 2.76 bits per heavy atom. The Labute approximate surface area is 171 Å². The molecule has 5 nitrogen and oxygen atoms in total. The van der Waals surface area contributed by atoms with Crippen LogP contribution in [0.3, 0.4) is 0 Å². The molecule has 2 saturated heterocycles. The van der Waals surface area contributed by atoms with Gasteiger partial charge in [-0.3, -0.25) is 9.69 Å². The topological polar surface area (TPSA) is 48.6 Å². The zero-order valence-electron chi connectivity index (χ0n) is 17.6. The minimum absolute atomic E-state index is 0.100. The molecule has 3 heterocycles. The van der Waals surface area contributed by atoms with E-state index >= 15 is 0 Å². The summed E-state index contributed by atoms with van der Waals surface area (Å²) < 4.78 is 19.5. The SMILES string of the molecule is COc1ccc(F)c(CN2CCCC3(CCN(C(=O)c4[nH]c(C)cc4C)C3)C2)c1. The molecule has 2 aliphatic heterocycles. The minimum atomic E-state index is -0.189. The molecule has 1 amide bonds. The first-order valence-electron chi connectivity index (χ1n) is 10.4. The van der Waals surface area contributed by atoms with Crippen molar-refractivity contribution < 1.29 is 13.9 Å². The molecular weight excluding hydrogens is 369 g/mol. The molecule has 1 aromatic heterocycles. The van der Waals surface area contributed by atoms with Gasteiger partial charge in [-0.05, 0) is 69.5 Å². The largest absolute Gasteiger partial charge is 0.497 e. The smallest absolute Gasteiger partial charge is 0.270 e. The summed E-state index contributed by atoms with van der Waals surface area (Å²) in [5.74, 6) is 0.594. The number of nitrogens with zero attached hydrogens (tertiary/aromatic N) is 2. The van der Waals surface area contributed by atoms with Crippen molar-refractivity contribution in [3.63, 3.8) is 0 Å². The van der Waals surface area contributed by atoms with Crippen molar-refractivity contribution in [2.45, 2.75) is 39.7 Å². The number of rotatable bonds is 4. The van der Waals surface area contributed by atoms with Crippen molar-refractivity contribution >= 4 is 5.91 Å². The van der Waals surface area contributed by atoms with E-state index in [9.17, 15) is 9.18 Å². The van der Waals surface area contributed by atoms with Crippen molar-refractivity contribution in [3.8, 4) is 5.75 Å². The Morgan fingerprint density at radius 2 is 2.03 bits per heavy atom. The number of hydrogen-bond acceptors (Lipinski definition) is 3. The van der Waals surface area contributed by atoms with Gasteiger partial charge in [-0.25, -0.2) is 4.39 Å². The lowest BCUT2D eigenvalue weighted by Crippen LogP contribution is -2.45. The zero-order valence-corrected chi connectivity index (χ0v) is 17.6. The fourth-order valence-corrected chi connectivity index (χ4v) is 5.04. The van der Waals surface area contributed by atoms with Crippen LogP contribution in [0.15, 0.2) is 24.3 Å². The number of nitrogens with one attached hydrogen (secondary N) is 1. The van der Waals surface area contributed by atoms with Crippen LogP contribution in [-0.2, 0) is 6.54 Å². The number of aromatic nitrogens is 1. The second kappa shape index (κ2) is 7.82. The fourth-order valence-electron chi connectivity index (χ4n) is 5.04. The van der Waals surface area contributed by atoms with Crippen LogP contribution in [0.5, 0.6) is 5.75 Å². The molecule has 2 aliphatic rings. The van der Waals surface area contributed by atoms with Gasteiger partial charge in [0.2, 0.25) is 0 Å². The molecule has 29 heavy (non-hydrogen) atoms. The van der Waals surface area contributed by atoms with Gasteiger partial charge in [0.15, 0.2) is 0 Å². The number of hydrogen-bond donors (Lipinski definition) is 1. The van der Waals surface area contributed by atoms with E-state index in [0.717, 1.165) is 56.7 Å². The van der Waals surface area contributed by atoms with Gasteiger partial charge in [-0.1, -0.05) is 0 Å². The predicted octanol–water partition coefficient (Wildman–Crippen LogP) is 3.91. The molecule has 6 heteroatoms. The Balaban J connectivity index is 1.44. The molecule has 1 spiro atoms. The number of amides is 1. The van der Waals surface area contributed by atoms with Crippen molar-refractivity contribution in [2.75, 3.05) is 33.3 Å². The Bertz CT molecular complexity index is 910. The summed E-state index contributed by atoms with van der Waals surface area (Å²) >= 11 is 0.